The second-order valence-corrected chi connectivity index (χ2v) is 4.42. The maximum Gasteiger partial charge on any atom is 0.434 e. The molecule has 1 atom stereocenters. The molecule has 3 N–H and O–H groups in total. The van der Waals surface area contributed by atoms with Crippen molar-refractivity contribution >= 4 is 11.6 Å². The lowest BCUT2D eigenvalue weighted by molar-refractivity contribution is -0.119. The summed E-state index contributed by atoms with van der Waals surface area (Å²) in [7, 11) is 1.61. The third-order valence-corrected chi connectivity index (χ3v) is 3.07. The van der Waals surface area contributed by atoms with Gasteiger partial charge in [0.1, 0.15) is 18.4 Å². The molecule has 2 aromatic rings. The third kappa shape index (κ3) is 1.95. The standard InChI is InChI=1S/C12H12N4O4/c1-16-8-4-6(10-14-15-12(18)20-10)2-3-9(8)19-5-7(13)11(16)17/h2-4,7H,5,13H2,1H3,(H,15,18). The van der Waals surface area contributed by atoms with Crippen LogP contribution in [0.25, 0.3) is 11.5 Å². The Bertz CT molecular complexity index is 720. The number of rotatable bonds is 1. The van der Waals surface area contributed by atoms with Crippen molar-refractivity contribution in [2.45, 2.75) is 6.04 Å². The highest BCUT2D eigenvalue weighted by atomic mass is 16.5. The molecule has 1 aliphatic rings. The quantitative estimate of drug-likeness (QED) is 0.739. The fourth-order valence-corrected chi connectivity index (χ4v) is 2.01. The van der Waals surface area contributed by atoms with Crippen LogP contribution in [-0.4, -0.2) is 35.8 Å². The van der Waals surface area contributed by atoms with Crippen LogP contribution >= 0.6 is 0 Å². The van der Waals surface area contributed by atoms with Gasteiger partial charge in [-0.1, -0.05) is 0 Å². The Hall–Kier alpha value is -2.61. The number of nitrogens with zero attached hydrogens (tertiary/aromatic N) is 2. The van der Waals surface area contributed by atoms with E-state index in [-0.39, 0.29) is 18.4 Å². The molecular weight excluding hydrogens is 264 g/mol. The monoisotopic (exact) mass is 276 g/mol. The fraction of sp³-hybridized carbons (Fsp3) is 0.250. The van der Waals surface area contributed by atoms with Crippen LogP contribution in [0.2, 0.25) is 0 Å². The molecule has 1 aliphatic heterocycles. The molecule has 3 rings (SSSR count). The predicted molar refractivity (Wildman–Crippen MR) is 69.4 cm³/mol. The molecule has 1 aromatic heterocycles. The van der Waals surface area contributed by atoms with Crippen molar-refractivity contribution in [1.29, 1.82) is 0 Å². The summed E-state index contributed by atoms with van der Waals surface area (Å²) in [5.41, 5.74) is 6.81. The number of aromatic amines is 1. The van der Waals surface area contributed by atoms with E-state index in [0.717, 1.165) is 0 Å². The zero-order valence-corrected chi connectivity index (χ0v) is 10.6. The Morgan fingerprint density at radius 3 is 2.95 bits per heavy atom. The molecule has 2 heterocycles. The summed E-state index contributed by atoms with van der Waals surface area (Å²) < 4.78 is 10.4. The number of anilines is 1. The topological polar surface area (TPSA) is 114 Å². The van der Waals surface area contributed by atoms with Crippen LogP contribution in [0.5, 0.6) is 5.75 Å². The maximum absolute atomic E-state index is 12.0. The van der Waals surface area contributed by atoms with Crippen LogP contribution in [0.1, 0.15) is 0 Å². The molecule has 8 heteroatoms. The number of benzene rings is 1. The van der Waals surface area contributed by atoms with E-state index in [9.17, 15) is 9.59 Å². The molecule has 0 aliphatic carbocycles. The van der Waals surface area contributed by atoms with Crippen LogP contribution in [0.4, 0.5) is 5.69 Å². The number of hydrogen-bond acceptors (Lipinski definition) is 6. The number of ether oxygens (including phenoxy) is 1. The first-order valence-corrected chi connectivity index (χ1v) is 5.92. The van der Waals surface area contributed by atoms with Crippen molar-refractivity contribution in [1.82, 2.24) is 10.2 Å². The highest BCUT2D eigenvalue weighted by Crippen LogP contribution is 2.33. The van der Waals surface area contributed by atoms with Gasteiger partial charge in [-0.15, -0.1) is 5.10 Å². The molecular formula is C12H12N4O4. The Morgan fingerprint density at radius 2 is 2.25 bits per heavy atom. The zero-order valence-electron chi connectivity index (χ0n) is 10.6. The summed E-state index contributed by atoms with van der Waals surface area (Å²) >= 11 is 0. The lowest BCUT2D eigenvalue weighted by Crippen LogP contribution is -2.43. The number of likely N-dealkylation sites (N-methyl/N-ethyl adjacent to an activating group) is 1. The van der Waals surface area contributed by atoms with E-state index in [1.165, 1.54) is 4.90 Å². The average Bonchev–Trinajstić information content (AvgIpc) is 2.85. The van der Waals surface area contributed by atoms with Gasteiger partial charge in [-0.3, -0.25) is 4.79 Å². The van der Waals surface area contributed by atoms with E-state index in [1.54, 1.807) is 25.2 Å². The molecule has 1 unspecified atom stereocenters. The van der Waals surface area contributed by atoms with Crippen molar-refractivity contribution < 1.29 is 13.9 Å². The minimum atomic E-state index is -0.709. The number of aromatic nitrogens is 2. The number of nitrogens with two attached hydrogens (primary N) is 1. The van der Waals surface area contributed by atoms with E-state index in [4.69, 9.17) is 14.9 Å². The number of fused-ring (bicyclic) bond motifs is 1. The molecule has 0 bridgehead atoms. The fourth-order valence-electron chi connectivity index (χ4n) is 2.01. The molecule has 1 aromatic carbocycles. The molecule has 0 saturated heterocycles. The predicted octanol–water partition coefficient (Wildman–Crippen LogP) is -0.288. The summed E-state index contributed by atoms with van der Waals surface area (Å²) in [5, 5.41) is 5.93. The number of amides is 1. The highest BCUT2D eigenvalue weighted by molar-refractivity contribution is 5.99. The number of carbonyl (C=O) groups excluding carboxylic acids is 1. The molecule has 0 radical (unpaired) electrons. The smallest absolute Gasteiger partial charge is 0.434 e. The summed E-state index contributed by atoms with van der Waals surface area (Å²) in [4.78, 5) is 24.4. The van der Waals surface area contributed by atoms with Gasteiger partial charge in [0, 0.05) is 12.6 Å². The first-order valence-electron chi connectivity index (χ1n) is 5.92. The minimum Gasteiger partial charge on any atom is -0.489 e. The lowest BCUT2D eigenvalue weighted by Gasteiger charge is -2.17. The van der Waals surface area contributed by atoms with E-state index in [2.05, 4.69) is 10.2 Å². The van der Waals surface area contributed by atoms with Crippen molar-refractivity contribution in [2.75, 3.05) is 18.6 Å². The average molecular weight is 276 g/mol. The van der Waals surface area contributed by atoms with Crippen molar-refractivity contribution in [3.63, 3.8) is 0 Å². The largest absolute Gasteiger partial charge is 0.489 e. The summed E-state index contributed by atoms with van der Waals surface area (Å²) in [6.45, 7) is 0.118. The van der Waals surface area contributed by atoms with Gasteiger partial charge in [0.2, 0.25) is 11.8 Å². The molecule has 0 fully saturated rings. The number of hydrogen-bond donors (Lipinski definition) is 2. The number of H-pyrrole nitrogens is 1. The van der Waals surface area contributed by atoms with Gasteiger partial charge in [0.15, 0.2) is 0 Å². The molecule has 0 spiro atoms. The Kier molecular flexibility index (Phi) is 2.79. The number of nitrogens with one attached hydrogen (secondary N) is 1. The summed E-state index contributed by atoms with van der Waals surface area (Å²) in [5.74, 6) is -0.204. The molecule has 104 valence electrons. The molecule has 0 saturated carbocycles. The second kappa shape index (κ2) is 4.49. The molecule has 20 heavy (non-hydrogen) atoms. The summed E-state index contributed by atoms with van der Waals surface area (Å²) in [6.07, 6.45) is 0. The number of carbonyl (C=O) groups is 1. The highest BCUT2D eigenvalue weighted by Gasteiger charge is 2.27. The van der Waals surface area contributed by atoms with Gasteiger partial charge in [-0.05, 0) is 18.2 Å². The van der Waals surface area contributed by atoms with Gasteiger partial charge >= 0.3 is 5.76 Å². The van der Waals surface area contributed by atoms with Crippen molar-refractivity contribution in [3.8, 4) is 17.2 Å². The maximum atomic E-state index is 12.0. The second-order valence-electron chi connectivity index (χ2n) is 4.42. The van der Waals surface area contributed by atoms with E-state index in [1.807, 2.05) is 0 Å². The van der Waals surface area contributed by atoms with Gasteiger partial charge in [-0.25, -0.2) is 9.89 Å². The summed E-state index contributed by atoms with van der Waals surface area (Å²) in [6, 6.07) is 4.32. The van der Waals surface area contributed by atoms with Crippen LogP contribution in [0, 0.1) is 0 Å². The van der Waals surface area contributed by atoms with E-state index in [0.29, 0.717) is 17.0 Å². The zero-order chi connectivity index (χ0) is 14.3. The van der Waals surface area contributed by atoms with Gasteiger partial charge in [0.25, 0.3) is 0 Å². The first-order chi connectivity index (χ1) is 9.56. The lowest BCUT2D eigenvalue weighted by atomic mass is 10.1. The normalized spacial score (nSPS) is 18.4. The Balaban J connectivity index is 2.08. The van der Waals surface area contributed by atoms with Gasteiger partial charge in [-0.2, -0.15) is 0 Å². The molecule has 8 nitrogen and oxygen atoms in total. The van der Waals surface area contributed by atoms with Crippen molar-refractivity contribution in [3.05, 3.63) is 28.7 Å². The van der Waals surface area contributed by atoms with Crippen LogP contribution in [-0.2, 0) is 4.79 Å². The van der Waals surface area contributed by atoms with Crippen molar-refractivity contribution in [2.24, 2.45) is 5.73 Å². The Labute approximate surface area is 113 Å². The Morgan fingerprint density at radius 1 is 1.45 bits per heavy atom. The molecule has 1 amide bonds. The van der Waals surface area contributed by atoms with E-state index >= 15 is 0 Å². The van der Waals surface area contributed by atoms with E-state index < -0.39 is 11.8 Å². The third-order valence-electron chi connectivity index (χ3n) is 3.07. The van der Waals surface area contributed by atoms with Crippen LogP contribution < -0.4 is 21.1 Å². The van der Waals surface area contributed by atoms with Crippen LogP contribution in [0.15, 0.2) is 27.4 Å². The SMILES string of the molecule is CN1C(=O)C(N)COc2ccc(-c3n[nH]c(=O)o3)cc21. The minimum absolute atomic E-state index is 0.118. The first kappa shape index (κ1) is 12.4. The van der Waals surface area contributed by atoms with Crippen LogP contribution in [0.3, 0.4) is 0 Å². The van der Waals surface area contributed by atoms with Gasteiger partial charge in [0.05, 0.1) is 5.69 Å². The van der Waals surface area contributed by atoms with Gasteiger partial charge < -0.3 is 19.8 Å².